The zero-order valence-corrected chi connectivity index (χ0v) is 8.49. The molecule has 0 heterocycles. The predicted molar refractivity (Wildman–Crippen MR) is 49.9 cm³/mol. The van der Waals surface area contributed by atoms with Crippen LogP contribution in [0.1, 0.15) is 5.56 Å². The van der Waals surface area contributed by atoms with Gasteiger partial charge in [0.1, 0.15) is 0 Å². The number of aliphatic hydroxyl groups is 1. The van der Waals surface area contributed by atoms with Gasteiger partial charge >= 0.3 is 0 Å². The van der Waals surface area contributed by atoms with E-state index in [1.807, 2.05) is 0 Å². The minimum atomic E-state index is -0.460. The average molecular weight is 253 g/mol. The molecule has 0 radical (unpaired) electrons. The Kier molecular flexibility index (Phi) is 3.50. The first-order valence-electron chi connectivity index (χ1n) is 3.39. The molecule has 0 aliphatic carbocycles. The van der Waals surface area contributed by atoms with Crippen LogP contribution in [0.3, 0.4) is 0 Å². The number of aliphatic hydroxyl groups excluding tert-OH is 1. The van der Waals surface area contributed by atoms with Crippen LogP contribution in [-0.2, 0) is 6.42 Å². The van der Waals surface area contributed by atoms with Gasteiger partial charge in [0.05, 0.1) is 9.50 Å². The summed E-state index contributed by atoms with van der Waals surface area (Å²) in [5.74, 6) is -0.460. The number of benzene rings is 1. The van der Waals surface area contributed by atoms with Gasteiger partial charge in [0.2, 0.25) is 0 Å². The van der Waals surface area contributed by atoms with Gasteiger partial charge in [0, 0.05) is 6.61 Å². The Morgan fingerprint density at radius 1 is 1.50 bits per heavy atom. The van der Waals surface area contributed by atoms with Crippen molar-refractivity contribution >= 4 is 27.5 Å². The molecule has 0 saturated carbocycles. The summed E-state index contributed by atoms with van der Waals surface area (Å²) < 4.78 is 13.2. The van der Waals surface area contributed by atoms with Crippen molar-refractivity contribution in [2.75, 3.05) is 6.61 Å². The van der Waals surface area contributed by atoms with Gasteiger partial charge in [-0.15, -0.1) is 0 Å². The first kappa shape index (κ1) is 9.96. The second-order valence-electron chi connectivity index (χ2n) is 2.35. The summed E-state index contributed by atoms with van der Waals surface area (Å²) in [7, 11) is 0. The predicted octanol–water partition coefficient (Wildman–Crippen LogP) is 2.78. The molecule has 1 nitrogen and oxygen atoms in total. The fourth-order valence-electron chi connectivity index (χ4n) is 0.881. The third-order valence-electron chi connectivity index (χ3n) is 1.44. The lowest BCUT2D eigenvalue weighted by Gasteiger charge is -2.02. The van der Waals surface area contributed by atoms with Crippen LogP contribution in [0.5, 0.6) is 0 Å². The SMILES string of the molecule is OCCc1cc(Cl)c(F)c(Br)c1. The lowest BCUT2D eigenvalue weighted by Crippen LogP contribution is -1.92. The van der Waals surface area contributed by atoms with E-state index in [4.69, 9.17) is 16.7 Å². The Morgan fingerprint density at radius 2 is 2.17 bits per heavy atom. The van der Waals surface area contributed by atoms with Crippen molar-refractivity contribution < 1.29 is 9.50 Å². The van der Waals surface area contributed by atoms with Crippen molar-refractivity contribution in [1.82, 2.24) is 0 Å². The van der Waals surface area contributed by atoms with Crippen molar-refractivity contribution in [2.45, 2.75) is 6.42 Å². The molecule has 0 saturated heterocycles. The maximum absolute atomic E-state index is 12.9. The maximum Gasteiger partial charge on any atom is 0.155 e. The highest BCUT2D eigenvalue weighted by molar-refractivity contribution is 9.10. The number of hydrogen-bond donors (Lipinski definition) is 1. The van der Waals surface area contributed by atoms with E-state index in [2.05, 4.69) is 15.9 Å². The van der Waals surface area contributed by atoms with Gasteiger partial charge in [-0.3, -0.25) is 0 Å². The van der Waals surface area contributed by atoms with Crippen molar-refractivity contribution in [3.05, 3.63) is 33.0 Å². The molecule has 0 aliphatic heterocycles. The monoisotopic (exact) mass is 252 g/mol. The fraction of sp³-hybridized carbons (Fsp3) is 0.250. The Bertz CT molecular complexity index is 267. The Labute approximate surface area is 83.3 Å². The molecular formula is C8H7BrClFO. The maximum atomic E-state index is 12.9. The molecule has 0 aliphatic rings. The van der Waals surface area contributed by atoms with Gasteiger partial charge in [-0.05, 0) is 40.0 Å². The van der Waals surface area contributed by atoms with Crippen LogP contribution >= 0.6 is 27.5 Å². The topological polar surface area (TPSA) is 20.2 Å². The van der Waals surface area contributed by atoms with Crippen molar-refractivity contribution in [2.24, 2.45) is 0 Å². The molecule has 0 bridgehead atoms. The normalized spacial score (nSPS) is 10.3. The molecule has 0 unspecified atom stereocenters. The summed E-state index contributed by atoms with van der Waals surface area (Å²) in [6.45, 7) is 0.0361. The summed E-state index contributed by atoms with van der Waals surface area (Å²) in [4.78, 5) is 0. The third-order valence-corrected chi connectivity index (χ3v) is 2.30. The van der Waals surface area contributed by atoms with Crippen LogP contribution in [-0.4, -0.2) is 11.7 Å². The summed E-state index contributed by atoms with van der Waals surface area (Å²) >= 11 is 8.59. The van der Waals surface area contributed by atoms with Crippen LogP contribution in [0, 0.1) is 5.82 Å². The standard InChI is InChI=1S/C8H7BrClFO/c9-6-3-5(1-2-12)4-7(10)8(6)11/h3-4,12H,1-2H2. The molecule has 1 rings (SSSR count). The molecule has 1 aromatic rings. The van der Waals surface area contributed by atoms with E-state index < -0.39 is 5.82 Å². The highest BCUT2D eigenvalue weighted by Crippen LogP contribution is 2.25. The van der Waals surface area contributed by atoms with Crippen LogP contribution in [0.15, 0.2) is 16.6 Å². The molecule has 0 atom stereocenters. The number of rotatable bonds is 2. The van der Waals surface area contributed by atoms with Crippen molar-refractivity contribution in [1.29, 1.82) is 0 Å². The van der Waals surface area contributed by atoms with Gasteiger partial charge in [-0.25, -0.2) is 4.39 Å². The lowest BCUT2D eigenvalue weighted by atomic mass is 10.2. The summed E-state index contributed by atoms with van der Waals surface area (Å²) in [6.07, 6.45) is 0.485. The van der Waals surface area contributed by atoms with E-state index in [-0.39, 0.29) is 11.6 Å². The van der Waals surface area contributed by atoms with E-state index in [0.717, 1.165) is 5.56 Å². The third kappa shape index (κ3) is 2.19. The number of hydrogen-bond acceptors (Lipinski definition) is 1. The van der Waals surface area contributed by atoms with Crippen LogP contribution in [0.2, 0.25) is 5.02 Å². The minimum absolute atomic E-state index is 0.0361. The van der Waals surface area contributed by atoms with E-state index in [1.165, 1.54) is 6.07 Å². The number of halogens is 3. The second kappa shape index (κ2) is 4.21. The largest absolute Gasteiger partial charge is 0.396 e. The van der Waals surface area contributed by atoms with Crippen LogP contribution < -0.4 is 0 Å². The Hall–Kier alpha value is -0.120. The van der Waals surface area contributed by atoms with Crippen molar-refractivity contribution in [3.63, 3.8) is 0 Å². The van der Waals surface area contributed by atoms with Gasteiger partial charge in [-0.1, -0.05) is 11.6 Å². The zero-order chi connectivity index (χ0) is 9.14. The van der Waals surface area contributed by atoms with Crippen LogP contribution in [0.25, 0.3) is 0 Å². The average Bonchev–Trinajstić information content (AvgIpc) is 2.01. The van der Waals surface area contributed by atoms with Crippen molar-refractivity contribution in [3.8, 4) is 0 Å². The van der Waals surface area contributed by atoms with E-state index in [9.17, 15) is 4.39 Å². The summed E-state index contributed by atoms with van der Waals surface area (Å²) in [5.41, 5.74) is 0.816. The van der Waals surface area contributed by atoms with E-state index >= 15 is 0 Å². The molecule has 12 heavy (non-hydrogen) atoms. The second-order valence-corrected chi connectivity index (χ2v) is 3.61. The summed E-state index contributed by atoms with van der Waals surface area (Å²) in [5, 5.41) is 8.70. The zero-order valence-electron chi connectivity index (χ0n) is 6.15. The summed E-state index contributed by atoms with van der Waals surface area (Å²) in [6, 6.07) is 3.12. The molecule has 1 N–H and O–H groups in total. The van der Waals surface area contributed by atoms with E-state index in [1.54, 1.807) is 6.07 Å². The smallest absolute Gasteiger partial charge is 0.155 e. The fourth-order valence-corrected chi connectivity index (χ4v) is 1.75. The molecule has 0 amide bonds. The highest BCUT2D eigenvalue weighted by atomic mass is 79.9. The van der Waals surface area contributed by atoms with E-state index in [0.29, 0.717) is 10.9 Å². The molecule has 66 valence electrons. The van der Waals surface area contributed by atoms with Crippen LogP contribution in [0.4, 0.5) is 4.39 Å². The minimum Gasteiger partial charge on any atom is -0.396 e. The molecule has 1 aromatic carbocycles. The molecule has 4 heteroatoms. The molecule has 0 spiro atoms. The lowest BCUT2D eigenvalue weighted by molar-refractivity contribution is 0.299. The molecular weight excluding hydrogens is 246 g/mol. The van der Waals surface area contributed by atoms with Gasteiger partial charge in [0.15, 0.2) is 5.82 Å². The molecule has 0 aromatic heterocycles. The van der Waals surface area contributed by atoms with Gasteiger partial charge in [-0.2, -0.15) is 0 Å². The quantitative estimate of drug-likeness (QED) is 0.804. The highest BCUT2D eigenvalue weighted by Gasteiger charge is 2.06. The molecule has 0 fully saturated rings. The Morgan fingerprint density at radius 3 is 2.67 bits per heavy atom. The first-order chi connectivity index (χ1) is 5.65. The van der Waals surface area contributed by atoms with Gasteiger partial charge in [0.25, 0.3) is 0 Å². The Balaban J connectivity index is 3.04. The van der Waals surface area contributed by atoms with Gasteiger partial charge < -0.3 is 5.11 Å². The first-order valence-corrected chi connectivity index (χ1v) is 4.56.